The van der Waals surface area contributed by atoms with Crippen LogP contribution in [0.3, 0.4) is 0 Å². The van der Waals surface area contributed by atoms with Crippen molar-refractivity contribution in [2.45, 2.75) is 19.9 Å². The normalized spacial score (nSPS) is 10.7. The summed E-state index contributed by atoms with van der Waals surface area (Å²) in [5, 5.41) is 5.18. The van der Waals surface area contributed by atoms with Crippen LogP contribution < -0.4 is 10.6 Å². The number of aromatic nitrogens is 2. The molecule has 0 saturated heterocycles. The summed E-state index contributed by atoms with van der Waals surface area (Å²) in [4.78, 5) is 2.08. The zero-order valence-electron chi connectivity index (χ0n) is 11.5. The quantitative estimate of drug-likeness (QED) is 0.875. The van der Waals surface area contributed by atoms with Gasteiger partial charge in [0.15, 0.2) is 0 Å². The fourth-order valence-corrected chi connectivity index (χ4v) is 2.49. The Balaban J connectivity index is 2.27. The maximum absolute atomic E-state index is 6.36. The number of nitrogens with two attached hydrogens (primary N) is 1. The molecule has 0 fully saturated rings. The van der Waals surface area contributed by atoms with Crippen LogP contribution in [0.25, 0.3) is 0 Å². The van der Waals surface area contributed by atoms with Gasteiger partial charge in [0.05, 0.1) is 34.3 Å². The van der Waals surface area contributed by atoms with Gasteiger partial charge in [-0.05, 0) is 18.6 Å². The third-order valence-electron chi connectivity index (χ3n) is 3.24. The molecular weight excluding hydrogens is 260 g/mol. The highest BCUT2D eigenvalue weighted by atomic mass is 35.5. The minimum atomic E-state index is 0.677. The van der Waals surface area contributed by atoms with Crippen LogP contribution in [0, 0.1) is 0 Å². The van der Waals surface area contributed by atoms with Gasteiger partial charge in [0, 0.05) is 14.1 Å². The van der Waals surface area contributed by atoms with Crippen LogP contribution in [0.5, 0.6) is 0 Å². The number of para-hydroxylation sites is 2. The highest BCUT2D eigenvalue weighted by Gasteiger charge is 2.15. The number of hydrogen-bond donors (Lipinski definition) is 1. The van der Waals surface area contributed by atoms with Gasteiger partial charge in [-0.1, -0.05) is 30.7 Å². The molecule has 0 saturated carbocycles. The molecule has 0 aliphatic rings. The van der Waals surface area contributed by atoms with Crippen molar-refractivity contribution in [2.75, 3.05) is 17.7 Å². The average molecular weight is 279 g/mol. The van der Waals surface area contributed by atoms with Crippen LogP contribution in [-0.2, 0) is 20.0 Å². The molecule has 2 N–H and O–H groups in total. The Bertz CT molecular complexity index is 577. The summed E-state index contributed by atoms with van der Waals surface area (Å²) < 4.78 is 1.84. The molecule has 0 radical (unpaired) electrons. The smallest absolute Gasteiger partial charge is 0.0868 e. The van der Waals surface area contributed by atoms with Crippen molar-refractivity contribution >= 4 is 23.0 Å². The van der Waals surface area contributed by atoms with Gasteiger partial charge >= 0.3 is 0 Å². The predicted molar refractivity (Wildman–Crippen MR) is 80.6 cm³/mol. The Morgan fingerprint density at radius 3 is 2.63 bits per heavy atom. The Kier molecular flexibility index (Phi) is 4.00. The first kappa shape index (κ1) is 13.7. The van der Waals surface area contributed by atoms with Gasteiger partial charge in [0.25, 0.3) is 0 Å². The molecule has 0 atom stereocenters. The first-order valence-electron chi connectivity index (χ1n) is 6.30. The zero-order valence-corrected chi connectivity index (χ0v) is 12.3. The van der Waals surface area contributed by atoms with Crippen LogP contribution >= 0.6 is 11.6 Å². The maximum atomic E-state index is 6.36. The number of rotatable bonds is 4. The molecule has 0 spiro atoms. The minimum absolute atomic E-state index is 0.677. The van der Waals surface area contributed by atoms with Crippen LogP contribution in [0.15, 0.2) is 24.3 Å². The number of benzene rings is 1. The Labute approximate surface area is 118 Å². The number of nitrogen functional groups attached to an aromatic ring is 1. The van der Waals surface area contributed by atoms with Crippen molar-refractivity contribution in [1.82, 2.24) is 9.78 Å². The summed E-state index contributed by atoms with van der Waals surface area (Å²) in [6.07, 6.45) is 0.837. The van der Waals surface area contributed by atoms with E-state index in [4.69, 9.17) is 17.3 Å². The highest BCUT2D eigenvalue weighted by Crippen LogP contribution is 2.26. The van der Waals surface area contributed by atoms with Gasteiger partial charge in [-0.15, -0.1) is 0 Å². The van der Waals surface area contributed by atoms with Crippen molar-refractivity contribution < 1.29 is 0 Å². The van der Waals surface area contributed by atoms with Crippen molar-refractivity contribution in [2.24, 2.45) is 7.05 Å². The van der Waals surface area contributed by atoms with E-state index in [1.165, 1.54) is 0 Å². The van der Waals surface area contributed by atoms with Crippen molar-refractivity contribution in [3.05, 3.63) is 40.7 Å². The van der Waals surface area contributed by atoms with Crippen LogP contribution in [-0.4, -0.2) is 16.8 Å². The molecule has 19 heavy (non-hydrogen) atoms. The lowest BCUT2D eigenvalue weighted by atomic mass is 10.2. The highest BCUT2D eigenvalue weighted by molar-refractivity contribution is 6.31. The van der Waals surface area contributed by atoms with E-state index in [1.807, 2.05) is 43.0 Å². The lowest BCUT2D eigenvalue weighted by molar-refractivity contribution is 0.689. The minimum Gasteiger partial charge on any atom is -0.397 e. The fraction of sp³-hybridized carbons (Fsp3) is 0.357. The second-order valence-electron chi connectivity index (χ2n) is 4.60. The van der Waals surface area contributed by atoms with E-state index < -0.39 is 0 Å². The van der Waals surface area contributed by atoms with E-state index >= 15 is 0 Å². The van der Waals surface area contributed by atoms with Gasteiger partial charge in [0.2, 0.25) is 0 Å². The Morgan fingerprint density at radius 1 is 1.37 bits per heavy atom. The SMILES string of the molecule is CCc1nn(C)c(CN(C)c2ccccc2N)c1Cl. The number of anilines is 2. The van der Waals surface area contributed by atoms with Crippen LogP contribution in [0.2, 0.25) is 5.02 Å². The predicted octanol–water partition coefficient (Wildman–Crippen LogP) is 2.85. The summed E-state index contributed by atoms with van der Waals surface area (Å²) in [5.74, 6) is 0. The molecule has 1 heterocycles. The largest absolute Gasteiger partial charge is 0.397 e. The number of halogens is 1. The lowest BCUT2D eigenvalue weighted by Gasteiger charge is -2.21. The van der Waals surface area contributed by atoms with Gasteiger partial charge in [-0.2, -0.15) is 5.10 Å². The zero-order chi connectivity index (χ0) is 14.0. The molecule has 0 bridgehead atoms. The second kappa shape index (κ2) is 5.53. The average Bonchev–Trinajstić information content (AvgIpc) is 2.66. The second-order valence-corrected chi connectivity index (χ2v) is 4.98. The van der Waals surface area contributed by atoms with E-state index in [0.29, 0.717) is 6.54 Å². The van der Waals surface area contributed by atoms with E-state index in [-0.39, 0.29) is 0 Å². The van der Waals surface area contributed by atoms with Crippen LogP contribution in [0.1, 0.15) is 18.3 Å². The monoisotopic (exact) mass is 278 g/mol. The van der Waals surface area contributed by atoms with Gasteiger partial charge in [0.1, 0.15) is 0 Å². The summed E-state index contributed by atoms with van der Waals surface area (Å²) >= 11 is 6.36. The summed E-state index contributed by atoms with van der Waals surface area (Å²) in [7, 11) is 3.92. The molecular formula is C14H19ClN4. The van der Waals surface area contributed by atoms with E-state index in [9.17, 15) is 0 Å². The topological polar surface area (TPSA) is 47.1 Å². The molecule has 2 rings (SSSR count). The Morgan fingerprint density at radius 2 is 2.05 bits per heavy atom. The molecule has 5 heteroatoms. The molecule has 0 aliphatic carbocycles. The molecule has 1 aromatic carbocycles. The van der Waals surface area contributed by atoms with E-state index in [0.717, 1.165) is 34.2 Å². The van der Waals surface area contributed by atoms with E-state index in [2.05, 4.69) is 16.9 Å². The number of aryl methyl sites for hydroxylation is 2. The maximum Gasteiger partial charge on any atom is 0.0868 e. The molecule has 2 aromatic rings. The Hall–Kier alpha value is -1.68. The standard InChI is InChI=1S/C14H19ClN4/c1-4-11-14(15)13(19(3)17-11)9-18(2)12-8-6-5-7-10(12)16/h5-8H,4,9,16H2,1-3H3. The lowest BCUT2D eigenvalue weighted by Crippen LogP contribution is -2.19. The van der Waals surface area contributed by atoms with Crippen molar-refractivity contribution in [3.8, 4) is 0 Å². The first-order chi connectivity index (χ1) is 9.04. The van der Waals surface area contributed by atoms with Gasteiger partial charge in [-0.3, -0.25) is 4.68 Å². The first-order valence-corrected chi connectivity index (χ1v) is 6.68. The van der Waals surface area contributed by atoms with Gasteiger partial charge in [-0.25, -0.2) is 0 Å². The molecule has 0 unspecified atom stereocenters. The molecule has 4 nitrogen and oxygen atoms in total. The number of nitrogens with zero attached hydrogens (tertiary/aromatic N) is 3. The molecule has 1 aromatic heterocycles. The summed E-state index contributed by atoms with van der Waals surface area (Å²) in [5.41, 5.74) is 9.69. The summed E-state index contributed by atoms with van der Waals surface area (Å²) in [6.45, 7) is 2.73. The van der Waals surface area contributed by atoms with Crippen molar-refractivity contribution in [1.29, 1.82) is 0 Å². The third-order valence-corrected chi connectivity index (χ3v) is 3.67. The molecule has 0 aliphatic heterocycles. The molecule has 102 valence electrons. The molecule has 0 amide bonds. The van der Waals surface area contributed by atoms with Crippen LogP contribution in [0.4, 0.5) is 11.4 Å². The summed E-state index contributed by atoms with van der Waals surface area (Å²) in [6, 6.07) is 7.80. The fourth-order valence-electron chi connectivity index (χ4n) is 2.14. The third kappa shape index (κ3) is 2.68. The number of hydrogen-bond acceptors (Lipinski definition) is 3. The van der Waals surface area contributed by atoms with Gasteiger partial charge < -0.3 is 10.6 Å². The van der Waals surface area contributed by atoms with E-state index in [1.54, 1.807) is 0 Å². The van der Waals surface area contributed by atoms with Crippen molar-refractivity contribution in [3.63, 3.8) is 0 Å².